The number of carbonyl (C=O) groups is 2. The molecule has 0 aliphatic rings. The molecule has 238 valence electrons. The monoisotopic (exact) mass is 584 g/mol. The van der Waals surface area contributed by atoms with Gasteiger partial charge in [-0.3, -0.25) is 4.79 Å². The predicted molar refractivity (Wildman–Crippen MR) is 176 cm³/mol. The van der Waals surface area contributed by atoms with Gasteiger partial charge in [0.2, 0.25) is 0 Å². The minimum atomic E-state index is -0.472. The number of nitrogens with zero attached hydrogens (tertiary/aromatic N) is 1. The lowest BCUT2D eigenvalue weighted by atomic mass is 10.0. The standard InChI is InChI=1S/C35H70NO3P/c1-6-8-10-12-14-16-18-19-21-23-25-27-29-31-35(38)40-39-34(32-36(3,4)5)33(37)30-28-26-24-22-20-17-15-13-11-9-7-2/h34H,6-32H2,1-5H3. The quantitative estimate of drug-likeness (QED) is 0.0449. The van der Waals surface area contributed by atoms with E-state index in [9.17, 15) is 9.59 Å². The number of carbonyl (C=O) groups excluding carboxylic acids is 2. The van der Waals surface area contributed by atoms with Gasteiger partial charge in [-0.05, 0) is 19.3 Å². The van der Waals surface area contributed by atoms with Crippen molar-refractivity contribution < 1.29 is 18.6 Å². The summed E-state index contributed by atoms with van der Waals surface area (Å²) in [5.41, 5.74) is 0.122. The molecule has 0 aliphatic carbocycles. The van der Waals surface area contributed by atoms with Gasteiger partial charge in [-0.15, -0.1) is 0 Å². The Labute approximate surface area is 253 Å². The van der Waals surface area contributed by atoms with E-state index >= 15 is 0 Å². The van der Waals surface area contributed by atoms with Crippen LogP contribution >= 0.6 is 8.81 Å². The van der Waals surface area contributed by atoms with Crippen molar-refractivity contribution in [3.05, 3.63) is 0 Å². The van der Waals surface area contributed by atoms with E-state index in [0.29, 0.717) is 32.7 Å². The molecule has 0 fully saturated rings. The fourth-order valence-corrected chi connectivity index (χ4v) is 5.96. The number of rotatable bonds is 32. The molecule has 4 nitrogen and oxygen atoms in total. The minimum Gasteiger partial charge on any atom is -0.538 e. The molecule has 0 aromatic carbocycles. The average molecular weight is 584 g/mol. The molecule has 0 bridgehead atoms. The highest BCUT2D eigenvalue weighted by molar-refractivity contribution is 7.53. The molecule has 0 aliphatic heterocycles. The molecule has 0 aromatic heterocycles. The van der Waals surface area contributed by atoms with E-state index in [1.54, 1.807) is 0 Å². The molecule has 40 heavy (non-hydrogen) atoms. The van der Waals surface area contributed by atoms with Crippen molar-refractivity contribution in [3.8, 4) is 0 Å². The summed E-state index contributed by atoms with van der Waals surface area (Å²) >= 11 is 0. The first kappa shape index (κ1) is 39.7. The normalized spacial score (nSPS) is 12.9. The molecule has 0 spiro atoms. The summed E-state index contributed by atoms with van der Waals surface area (Å²) in [7, 11) is 6.61. The lowest BCUT2D eigenvalue weighted by molar-refractivity contribution is -0.872. The number of unbranched alkanes of at least 4 members (excludes halogenated alkanes) is 22. The van der Waals surface area contributed by atoms with Crippen molar-refractivity contribution >= 4 is 20.1 Å². The van der Waals surface area contributed by atoms with Gasteiger partial charge in [-0.1, -0.05) is 155 Å². The Bertz CT molecular complexity index is 575. The van der Waals surface area contributed by atoms with Crippen molar-refractivity contribution in [2.45, 2.75) is 187 Å². The lowest BCUT2D eigenvalue weighted by Gasteiger charge is -2.33. The molecule has 0 heterocycles. The first-order valence-electron chi connectivity index (χ1n) is 17.5. The third-order valence-corrected chi connectivity index (χ3v) is 8.66. The van der Waals surface area contributed by atoms with Crippen LogP contribution in [0.3, 0.4) is 0 Å². The summed E-state index contributed by atoms with van der Waals surface area (Å²) in [5, 5.41) is 0. The molecule has 5 heteroatoms. The SMILES string of the molecule is CCCCCCCCCCCCCCCC(=O)[P-]OC(C[N+](C)(C)C)C(=O)CCCCCCCCCCCCC. The number of hydrogen-bond donors (Lipinski definition) is 0. The van der Waals surface area contributed by atoms with Crippen molar-refractivity contribution in [3.63, 3.8) is 0 Å². The second-order valence-corrected chi connectivity index (χ2v) is 14.2. The van der Waals surface area contributed by atoms with E-state index in [0.717, 1.165) is 25.7 Å². The molecule has 0 aromatic rings. The summed E-state index contributed by atoms with van der Waals surface area (Å²) < 4.78 is 6.58. The zero-order chi connectivity index (χ0) is 29.7. The van der Waals surface area contributed by atoms with Crippen molar-refractivity contribution in [1.82, 2.24) is 0 Å². The minimum absolute atomic E-state index is 0.122. The summed E-state index contributed by atoms with van der Waals surface area (Å²) in [6.45, 7) is 5.16. The van der Waals surface area contributed by atoms with Gasteiger partial charge in [0.25, 0.3) is 0 Å². The smallest absolute Gasteiger partial charge is 0.164 e. The van der Waals surface area contributed by atoms with Crippen LogP contribution in [0.2, 0.25) is 0 Å². The molecule has 0 N–H and O–H groups in total. The third-order valence-electron chi connectivity index (χ3n) is 7.88. The van der Waals surface area contributed by atoms with Crippen LogP contribution in [0.4, 0.5) is 0 Å². The number of quaternary nitrogens is 1. The lowest BCUT2D eigenvalue weighted by Crippen LogP contribution is -2.44. The van der Waals surface area contributed by atoms with Gasteiger partial charge in [0.15, 0.2) is 5.78 Å². The van der Waals surface area contributed by atoms with Gasteiger partial charge in [0.1, 0.15) is 12.6 Å². The topological polar surface area (TPSA) is 43.4 Å². The Balaban J connectivity index is 3.91. The first-order chi connectivity index (χ1) is 19.3. The van der Waals surface area contributed by atoms with Crippen molar-refractivity contribution in [1.29, 1.82) is 0 Å². The number of Topliss-reactive ketones (excluding diaryl/α,β-unsaturated/α-hetero) is 1. The average Bonchev–Trinajstić information content (AvgIpc) is 2.91. The van der Waals surface area contributed by atoms with Gasteiger partial charge >= 0.3 is 0 Å². The highest BCUT2D eigenvalue weighted by Gasteiger charge is 2.22. The van der Waals surface area contributed by atoms with E-state index in [1.807, 2.05) is 0 Å². The first-order valence-corrected chi connectivity index (χ1v) is 18.3. The molecule has 0 radical (unpaired) electrons. The highest BCUT2D eigenvalue weighted by atomic mass is 31.1. The van der Waals surface area contributed by atoms with E-state index in [2.05, 4.69) is 35.0 Å². The van der Waals surface area contributed by atoms with Crippen LogP contribution in [0.25, 0.3) is 0 Å². The molecule has 0 saturated heterocycles. The summed E-state index contributed by atoms with van der Waals surface area (Å²) in [5.74, 6) is 0.172. The van der Waals surface area contributed by atoms with Crippen LogP contribution in [0.15, 0.2) is 0 Å². The van der Waals surface area contributed by atoms with Gasteiger partial charge < -0.3 is 22.6 Å². The van der Waals surface area contributed by atoms with Crippen LogP contribution in [0, 0.1) is 0 Å². The van der Waals surface area contributed by atoms with Crippen LogP contribution < -0.4 is 0 Å². The second-order valence-electron chi connectivity index (χ2n) is 13.3. The Hall–Kier alpha value is -0.310. The Kier molecular flexibility index (Phi) is 28.6. The number of hydrogen-bond acceptors (Lipinski definition) is 3. The molecule has 0 saturated carbocycles. The number of ketones is 1. The van der Waals surface area contributed by atoms with E-state index in [-0.39, 0.29) is 11.3 Å². The van der Waals surface area contributed by atoms with Crippen molar-refractivity contribution in [2.75, 3.05) is 27.7 Å². The van der Waals surface area contributed by atoms with E-state index in [1.165, 1.54) is 128 Å². The maximum atomic E-state index is 12.9. The molecule has 0 amide bonds. The zero-order valence-electron chi connectivity index (χ0n) is 27.8. The molecular weight excluding hydrogens is 513 g/mol. The molecular formula is C35H70NO3P. The van der Waals surface area contributed by atoms with Crippen molar-refractivity contribution in [2.24, 2.45) is 0 Å². The van der Waals surface area contributed by atoms with Gasteiger partial charge in [-0.25, -0.2) is 0 Å². The molecule has 1 atom stereocenters. The number of likely N-dealkylation sites (N-methyl/N-ethyl adjacent to an activating group) is 1. The second kappa shape index (κ2) is 28.8. The Morgan fingerprint density at radius 1 is 0.525 bits per heavy atom. The van der Waals surface area contributed by atoms with Gasteiger partial charge in [0.05, 0.1) is 21.1 Å². The predicted octanol–water partition coefficient (Wildman–Crippen LogP) is 11.2. The highest BCUT2D eigenvalue weighted by Crippen LogP contribution is 2.23. The van der Waals surface area contributed by atoms with Gasteiger partial charge in [-0.2, -0.15) is 0 Å². The Morgan fingerprint density at radius 3 is 1.20 bits per heavy atom. The summed E-state index contributed by atoms with van der Waals surface area (Å²) in [6, 6.07) is 0. The summed E-state index contributed by atoms with van der Waals surface area (Å²) in [4.78, 5) is 25.4. The Morgan fingerprint density at radius 2 is 0.850 bits per heavy atom. The van der Waals surface area contributed by atoms with E-state index in [4.69, 9.17) is 4.52 Å². The fourth-order valence-electron chi connectivity index (χ4n) is 5.28. The maximum absolute atomic E-state index is 12.9. The molecule has 0 rings (SSSR count). The van der Waals surface area contributed by atoms with Crippen LogP contribution in [-0.2, 0) is 14.1 Å². The molecule has 1 unspecified atom stereocenters. The van der Waals surface area contributed by atoms with Crippen LogP contribution in [-0.4, -0.2) is 49.6 Å². The largest absolute Gasteiger partial charge is 0.538 e. The summed E-state index contributed by atoms with van der Waals surface area (Å²) in [6.07, 6.45) is 31.8. The maximum Gasteiger partial charge on any atom is 0.164 e. The van der Waals surface area contributed by atoms with Crippen LogP contribution in [0.1, 0.15) is 181 Å². The third kappa shape index (κ3) is 29.2. The van der Waals surface area contributed by atoms with Gasteiger partial charge in [0, 0.05) is 11.9 Å². The van der Waals surface area contributed by atoms with Crippen LogP contribution in [0.5, 0.6) is 0 Å². The fraction of sp³-hybridized carbons (Fsp3) is 0.943. The zero-order valence-corrected chi connectivity index (χ0v) is 28.7. The van der Waals surface area contributed by atoms with E-state index < -0.39 is 6.10 Å².